The summed E-state index contributed by atoms with van der Waals surface area (Å²) in [5.41, 5.74) is 0.906. The number of ether oxygens (including phenoxy) is 1. The van der Waals surface area contributed by atoms with Crippen LogP contribution in [-0.2, 0) is 4.74 Å². The molecular weight excluding hydrogens is 164 g/mol. The molecule has 0 saturated carbocycles. The highest BCUT2D eigenvalue weighted by Crippen LogP contribution is 2.12. The second-order valence-electron chi connectivity index (χ2n) is 3.31. The largest absolute Gasteiger partial charge is 0.386 e. The quantitative estimate of drug-likeness (QED) is 0.769. The Morgan fingerprint density at radius 1 is 1.23 bits per heavy atom. The van der Waals surface area contributed by atoms with Crippen LogP contribution in [0.15, 0.2) is 30.3 Å². The van der Waals surface area contributed by atoms with Gasteiger partial charge in [-0.3, -0.25) is 0 Å². The van der Waals surface area contributed by atoms with Crippen molar-refractivity contribution in [3.05, 3.63) is 35.9 Å². The Balaban J connectivity index is 2.44. The molecule has 0 spiro atoms. The van der Waals surface area contributed by atoms with Crippen molar-refractivity contribution in [3.8, 4) is 0 Å². The van der Waals surface area contributed by atoms with E-state index in [-0.39, 0.29) is 6.10 Å². The van der Waals surface area contributed by atoms with Crippen LogP contribution in [0, 0.1) is 0 Å². The van der Waals surface area contributed by atoms with E-state index in [1.165, 1.54) is 0 Å². The van der Waals surface area contributed by atoms with Crippen LogP contribution in [-0.4, -0.2) is 17.8 Å². The van der Waals surface area contributed by atoms with Crippen molar-refractivity contribution in [2.75, 3.05) is 6.61 Å². The molecule has 0 aliphatic carbocycles. The topological polar surface area (TPSA) is 29.5 Å². The SMILES string of the molecule is CC(C)OC[C@@H](O)c1ccccc1. The van der Waals surface area contributed by atoms with Gasteiger partial charge in [-0.15, -0.1) is 0 Å². The fourth-order valence-electron chi connectivity index (χ4n) is 1.06. The molecule has 1 aromatic rings. The summed E-state index contributed by atoms with van der Waals surface area (Å²) in [6.45, 7) is 4.27. The molecule has 2 heteroatoms. The second-order valence-corrected chi connectivity index (χ2v) is 3.31. The number of aliphatic hydroxyl groups excluding tert-OH is 1. The molecule has 2 nitrogen and oxygen atoms in total. The predicted molar refractivity (Wildman–Crippen MR) is 52.5 cm³/mol. The van der Waals surface area contributed by atoms with Gasteiger partial charge in [0, 0.05) is 0 Å². The van der Waals surface area contributed by atoms with Crippen LogP contribution in [0.5, 0.6) is 0 Å². The molecule has 0 amide bonds. The van der Waals surface area contributed by atoms with Gasteiger partial charge >= 0.3 is 0 Å². The summed E-state index contributed by atoms with van der Waals surface area (Å²) in [6, 6.07) is 9.55. The van der Waals surface area contributed by atoms with Gasteiger partial charge < -0.3 is 9.84 Å². The van der Waals surface area contributed by atoms with Crippen molar-refractivity contribution in [2.24, 2.45) is 0 Å². The van der Waals surface area contributed by atoms with E-state index in [1.807, 2.05) is 44.2 Å². The van der Waals surface area contributed by atoms with Crippen molar-refractivity contribution in [1.29, 1.82) is 0 Å². The second kappa shape index (κ2) is 5.00. The standard InChI is InChI=1S/C11H16O2/c1-9(2)13-8-11(12)10-6-4-3-5-7-10/h3-7,9,11-12H,8H2,1-2H3/t11-/m1/s1. The van der Waals surface area contributed by atoms with Crippen molar-refractivity contribution in [1.82, 2.24) is 0 Å². The van der Waals surface area contributed by atoms with Gasteiger partial charge in [0.05, 0.1) is 12.7 Å². The van der Waals surface area contributed by atoms with E-state index in [0.717, 1.165) is 5.56 Å². The van der Waals surface area contributed by atoms with Gasteiger partial charge in [-0.2, -0.15) is 0 Å². The molecule has 0 heterocycles. The minimum absolute atomic E-state index is 0.165. The third-order valence-corrected chi connectivity index (χ3v) is 1.77. The molecule has 1 atom stereocenters. The van der Waals surface area contributed by atoms with Gasteiger partial charge in [0.15, 0.2) is 0 Å². The van der Waals surface area contributed by atoms with Gasteiger partial charge in [-0.05, 0) is 19.4 Å². The fraction of sp³-hybridized carbons (Fsp3) is 0.455. The summed E-state index contributed by atoms with van der Waals surface area (Å²) in [7, 11) is 0. The van der Waals surface area contributed by atoms with Gasteiger partial charge in [-0.25, -0.2) is 0 Å². The molecule has 0 unspecified atom stereocenters. The summed E-state index contributed by atoms with van der Waals surface area (Å²) >= 11 is 0. The minimum atomic E-state index is -0.511. The van der Waals surface area contributed by atoms with Gasteiger partial charge in [0.2, 0.25) is 0 Å². The lowest BCUT2D eigenvalue weighted by molar-refractivity contribution is 0.00493. The maximum atomic E-state index is 9.64. The van der Waals surface area contributed by atoms with Crippen LogP contribution in [0.3, 0.4) is 0 Å². The maximum Gasteiger partial charge on any atom is 0.102 e. The van der Waals surface area contributed by atoms with Crippen molar-refractivity contribution < 1.29 is 9.84 Å². The molecule has 13 heavy (non-hydrogen) atoms. The van der Waals surface area contributed by atoms with Crippen molar-refractivity contribution in [2.45, 2.75) is 26.1 Å². The average molecular weight is 180 g/mol. The predicted octanol–water partition coefficient (Wildman–Crippen LogP) is 2.15. The minimum Gasteiger partial charge on any atom is -0.386 e. The Morgan fingerprint density at radius 3 is 2.38 bits per heavy atom. The highest BCUT2D eigenvalue weighted by atomic mass is 16.5. The molecule has 1 rings (SSSR count). The molecule has 0 fully saturated rings. The van der Waals surface area contributed by atoms with E-state index < -0.39 is 6.10 Å². The lowest BCUT2D eigenvalue weighted by Crippen LogP contribution is -2.11. The molecule has 0 aliphatic rings. The molecule has 72 valence electrons. The normalized spacial score (nSPS) is 13.2. The zero-order valence-corrected chi connectivity index (χ0v) is 8.10. The number of hydrogen-bond acceptors (Lipinski definition) is 2. The lowest BCUT2D eigenvalue weighted by Gasteiger charge is -2.13. The monoisotopic (exact) mass is 180 g/mol. The Kier molecular flexibility index (Phi) is 3.93. The third kappa shape index (κ3) is 3.57. The first-order valence-electron chi connectivity index (χ1n) is 4.54. The van der Waals surface area contributed by atoms with Gasteiger partial charge in [0.1, 0.15) is 6.10 Å². The molecule has 0 radical (unpaired) electrons. The zero-order chi connectivity index (χ0) is 9.68. The Bertz CT molecular complexity index is 231. The first-order chi connectivity index (χ1) is 6.20. The van der Waals surface area contributed by atoms with Crippen LogP contribution in [0.25, 0.3) is 0 Å². The fourth-order valence-corrected chi connectivity index (χ4v) is 1.06. The molecule has 1 aromatic carbocycles. The summed E-state index contributed by atoms with van der Waals surface area (Å²) in [4.78, 5) is 0. The smallest absolute Gasteiger partial charge is 0.102 e. The Morgan fingerprint density at radius 2 is 1.85 bits per heavy atom. The van der Waals surface area contributed by atoms with Gasteiger partial charge in [0.25, 0.3) is 0 Å². The molecule has 0 bridgehead atoms. The van der Waals surface area contributed by atoms with E-state index in [2.05, 4.69) is 0 Å². The molecule has 0 aliphatic heterocycles. The summed E-state index contributed by atoms with van der Waals surface area (Å²) in [6.07, 6.45) is -0.345. The first kappa shape index (κ1) is 10.2. The highest BCUT2D eigenvalue weighted by molar-refractivity contribution is 5.17. The van der Waals surface area contributed by atoms with Gasteiger partial charge in [-0.1, -0.05) is 30.3 Å². The Hall–Kier alpha value is -0.860. The summed E-state index contributed by atoms with van der Waals surface area (Å²) < 4.78 is 5.31. The van der Waals surface area contributed by atoms with E-state index in [1.54, 1.807) is 0 Å². The van der Waals surface area contributed by atoms with E-state index in [9.17, 15) is 5.11 Å². The maximum absolute atomic E-state index is 9.64. The van der Waals surface area contributed by atoms with Crippen molar-refractivity contribution in [3.63, 3.8) is 0 Å². The van der Waals surface area contributed by atoms with Crippen LogP contribution in [0.4, 0.5) is 0 Å². The molecule has 1 N–H and O–H groups in total. The molecular formula is C11H16O2. The molecule has 0 saturated heterocycles. The third-order valence-electron chi connectivity index (χ3n) is 1.77. The highest BCUT2D eigenvalue weighted by Gasteiger charge is 2.07. The first-order valence-corrected chi connectivity index (χ1v) is 4.54. The molecule has 0 aromatic heterocycles. The van der Waals surface area contributed by atoms with Crippen molar-refractivity contribution >= 4 is 0 Å². The average Bonchev–Trinajstić information content (AvgIpc) is 2.15. The number of aliphatic hydroxyl groups is 1. The summed E-state index contributed by atoms with van der Waals surface area (Å²) in [5.74, 6) is 0. The van der Waals surface area contributed by atoms with E-state index in [4.69, 9.17) is 4.74 Å². The van der Waals surface area contributed by atoms with Crippen LogP contribution in [0.2, 0.25) is 0 Å². The number of hydrogen-bond donors (Lipinski definition) is 1. The number of rotatable bonds is 4. The number of benzene rings is 1. The van der Waals surface area contributed by atoms with E-state index in [0.29, 0.717) is 6.61 Å². The zero-order valence-electron chi connectivity index (χ0n) is 8.10. The lowest BCUT2D eigenvalue weighted by atomic mass is 10.1. The van der Waals surface area contributed by atoms with E-state index >= 15 is 0 Å². The van der Waals surface area contributed by atoms with Crippen LogP contribution < -0.4 is 0 Å². The van der Waals surface area contributed by atoms with Crippen LogP contribution in [0.1, 0.15) is 25.5 Å². The van der Waals surface area contributed by atoms with Crippen LogP contribution >= 0.6 is 0 Å². The Labute approximate surface area is 79.2 Å². The summed E-state index contributed by atoms with van der Waals surface area (Å²) in [5, 5.41) is 9.64.